The van der Waals surface area contributed by atoms with Crippen LogP contribution in [-0.4, -0.2) is 32.3 Å². The molecule has 2 unspecified atom stereocenters. The quantitative estimate of drug-likeness (QED) is 0.335. The molecule has 8 heteroatoms. The van der Waals surface area contributed by atoms with E-state index in [4.69, 9.17) is 10.8 Å². The van der Waals surface area contributed by atoms with Crippen LogP contribution >= 0.6 is 0 Å². The van der Waals surface area contributed by atoms with E-state index in [0.29, 0.717) is 5.56 Å². The maximum atomic E-state index is 10.6. The number of nitro benzene ring substituents is 1. The molecule has 0 heterocycles. The van der Waals surface area contributed by atoms with Crippen LogP contribution in [0.15, 0.2) is 12.1 Å². The Hall–Kier alpha value is -2.19. The molecule has 2 atom stereocenters. The Morgan fingerprint density at radius 2 is 2.00 bits per heavy atom. The number of non-ortho nitro benzene ring substituents is 1. The largest absolute Gasteiger partial charge is 0.479 e. The smallest absolute Gasteiger partial charge is 0.335 e. The van der Waals surface area contributed by atoms with Crippen LogP contribution < -0.4 is 5.73 Å². The number of carbonyl (C=O) groups is 1. The minimum absolute atomic E-state index is 0.00778. The van der Waals surface area contributed by atoms with E-state index in [0.717, 1.165) is 6.07 Å². The summed E-state index contributed by atoms with van der Waals surface area (Å²) in [4.78, 5) is 20.5. The number of rotatable bonds is 4. The van der Waals surface area contributed by atoms with E-state index in [9.17, 15) is 25.1 Å². The fraction of sp³-hybridized carbons (Fsp3) is 0.300. The molecule has 1 rings (SSSR count). The number of carboxylic acids is 1. The summed E-state index contributed by atoms with van der Waals surface area (Å²) in [7, 11) is 0. The predicted molar refractivity (Wildman–Crippen MR) is 60.8 cm³/mol. The second-order valence-electron chi connectivity index (χ2n) is 3.75. The van der Waals surface area contributed by atoms with Gasteiger partial charge in [-0.2, -0.15) is 0 Å². The van der Waals surface area contributed by atoms with Crippen molar-refractivity contribution in [3.63, 3.8) is 0 Å². The fourth-order valence-electron chi connectivity index (χ4n) is 1.46. The lowest BCUT2D eigenvalue weighted by molar-refractivity contribution is -0.385. The van der Waals surface area contributed by atoms with Gasteiger partial charge in [-0.1, -0.05) is 0 Å². The number of anilines is 1. The summed E-state index contributed by atoms with van der Waals surface area (Å²) in [5, 5.41) is 38.1. The zero-order chi connectivity index (χ0) is 14.0. The van der Waals surface area contributed by atoms with Gasteiger partial charge in [-0.05, 0) is 12.5 Å². The molecule has 0 aliphatic heterocycles. The van der Waals surface area contributed by atoms with E-state index >= 15 is 0 Å². The Morgan fingerprint density at radius 1 is 1.44 bits per heavy atom. The molecule has 0 aliphatic rings. The molecule has 0 radical (unpaired) electrons. The molecule has 0 bridgehead atoms. The molecule has 0 spiro atoms. The summed E-state index contributed by atoms with van der Waals surface area (Å²) in [6.45, 7) is 1.48. The summed E-state index contributed by atoms with van der Waals surface area (Å²) in [6.07, 6.45) is -3.94. The van der Waals surface area contributed by atoms with Gasteiger partial charge in [0.2, 0.25) is 0 Å². The molecule has 1 aromatic carbocycles. The number of hydrogen-bond acceptors (Lipinski definition) is 6. The third-order valence-corrected chi connectivity index (χ3v) is 2.49. The van der Waals surface area contributed by atoms with Crippen molar-refractivity contribution in [2.75, 3.05) is 5.73 Å². The molecule has 1 aromatic rings. The minimum atomic E-state index is -2.10. The van der Waals surface area contributed by atoms with Gasteiger partial charge in [0.25, 0.3) is 5.69 Å². The van der Waals surface area contributed by atoms with E-state index in [1.807, 2.05) is 0 Å². The Morgan fingerprint density at radius 3 is 2.44 bits per heavy atom. The molecule has 0 aromatic heterocycles. The maximum Gasteiger partial charge on any atom is 0.335 e. The van der Waals surface area contributed by atoms with Gasteiger partial charge in [-0.25, -0.2) is 4.79 Å². The number of hydrogen-bond donors (Lipinski definition) is 4. The second-order valence-corrected chi connectivity index (χ2v) is 3.75. The minimum Gasteiger partial charge on any atom is -0.479 e. The molecule has 8 nitrogen and oxygen atoms in total. The van der Waals surface area contributed by atoms with Crippen LogP contribution in [0.25, 0.3) is 0 Å². The molecular weight excluding hydrogens is 244 g/mol. The van der Waals surface area contributed by atoms with E-state index in [1.54, 1.807) is 0 Å². The van der Waals surface area contributed by atoms with Gasteiger partial charge in [-0.3, -0.25) is 10.1 Å². The fourth-order valence-corrected chi connectivity index (χ4v) is 1.46. The van der Waals surface area contributed by atoms with Crippen LogP contribution in [0.5, 0.6) is 0 Å². The van der Waals surface area contributed by atoms with Crippen molar-refractivity contribution in [2.24, 2.45) is 0 Å². The van der Waals surface area contributed by atoms with Gasteiger partial charge in [0.05, 0.1) is 4.92 Å². The normalized spacial score (nSPS) is 13.9. The van der Waals surface area contributed by atoms with E-state index in [1.165, 1.54) is 13.0 Å². The number of nitrogens with two attached hydrogens (primary N) is 1. The van der Waals surface area contributed by atoms with Crippen LogP contribution in [-0.2, 0) is 4.79 Å². The van der Waals surface area contributed by atoms with Crippen LogP contribution in [0.3, 0.4) is 0 Å². The number of aryl methyl sites for hydroxylation is 1. The van der Waals surface area contributed by atoms with Gasteiger partial charge < -0.3 is 21.1 Å². The van der Waals surface area contributed by atoms with Crippen molar-refractivity contribution in [3.05, 3.63) is 33.4 Å². The van der Waals surface area contributed by atoms with Crippen molar-refractivity contribution in [2.45, 2.75) is 19.1 Å². The standard InChI is InChI=1S/C10H12N2O6/c1-4-2-5(12(17)18)3-6(7(4)11)8(13)9(14)10(15)16/h2-3,8-9,13-14H,11H2,1H3,(H,15,16). The number of aliphatic carboxylic acids is 1. The Labute approximate surface area is 101 Å². The van der Waals surface area contributed by atoms with Gasteiger partial charge in [0.15, 0.2) is 6.10 Å². The maximum absolute atomic E-state index is 10.6. The Kier molecular flexibility index (Phi) is 3.84. The van der Waals surface area contributed by atoms with Gasteiger partial charge in [0.1, 0.15) is 6.10 Å². The number of nitrogens with zero attached hydrogens (tertiary/aromatic N) is 1. The molecule has 0 saturated heterocycles. The van der Waals surface area contributed by atoms with Gasteiger partial charge >= 0.3 is 5.97 Å². The average molecular weight is 256 g/mol. The third-order valence-electron chi connectivity index (χ3n) is 2.49. The molecule has 0 saturated carbocycles. The highest BCUT2D eigenvalue weighted by molar-refractivity contribution is 5.74. The lowest BCUT2D eigenvalue weighted by Gasteiger charge is -2.17. The summed E-state index contributed by atoms with van der Waals surface area (Å²) < 4.78 is 0. The average Bonchev–Trinajstić information content (AvgIpc) is 2.30. The topological polar surface area (TPSA) is 147 Å². The second kappa shape index (κ2) is 4.98. The zero-order valence-corrected chi connectivity index (χ0v) is 9.40. The summed E-state index contributed by atoms with van der Waals surface area (Å²) >= 11 is 0. The molecule has 0 aliphatic carbocycles. The third kappa shape index (κ3) is 2.55. The van der Waals surface area contributed by atoms with Crippen molar-refractivity contribution in [1.29, 1.82) is 0 Å². The summed E-state index contributed by atoms with van der Waals surface area (Å²) in [6, 6.07) is 2.14. The number of nitrogen functional groups attached to an aromatic ring is 1. The summed E-state index contributed by atoms with van der Waals surface area (Å²) in [5.74, 6) is -1.65. The van der Waals surface area contributed by atoms with Crippen LogP contribution in [0, 0.1) is 17.0 Å². The van der Waals surface area contributed by atoms with Gasteiger partial charge in [-0.15, -0.1) is 0 Å². The lowest BCUT2D eigenvalue weighted by atomic mass is 9.99. The van der Waals surface area contributed by atoms with Crippen LogP contribution in [0.4, 0.5) is 11.4 Å². The number of benzene rings is 1. The lowest BCUT2D eigenvalue weighted by Crippen LogP contribution is -2.28. The highest BCUT2D eigenvalue weighted by atomic mass is 16.6. The SMILES string of the molecule is Cc1cc([N+](=O)[O-])cc(C(O)C(O)C(=O)O)c1N. The number of nitro groups is 1. The number of carboxylic acid groups (broad SMARTS) is 1. The zero-order valence-electron chi connectivity index (χ0n) is 9.40. The molecule has 18 heavy (non-hydrogen) atoms. The number of aliphatic hydroxyl groups is 2. The highest BCUT2D eigenvalue weighted by Gasteiger charge is 2.28. The predicted octanol–water partition coefficient (Wildman–Crippen LogP) is -0.0357. The van der Waals surface area contributed by atoms with Crippen molar-refractivity contribution < 1.29 is 25.0 Å². The van der Waals surface area contributed by atoms with Gasteiger partial charge in [0, 0.05) is 23.4 Å². The summed E-state index contributed by atoms with van der Waals surface area (Å²) in [5.41, 5.74) is 5.40. The first kappa shape index (κ1) is 13.9. The van der Waals surface area contributed by atoms with Crippen molar-refractivity contribution >= 4 is 17.3 Å². The first-order chi connectivity index (χ1) is 8.25. The first-order valence-electron chi connectivity index (χ1n) is 4.89. The molecular formula is C10H12N2O6. The van der Waals surface area contributed by atoms with Crippen LogP contribution in [0.1, 0.15) is 17.2 Å². The Bertz CT molecular complexity index is 501. The molecule has 5 N–H and O–H groups in total. The first-order valence-corrected chi connectivity index (χ1v) is 4.89. The highest BCUT2D eigenvalue weighted by Crippen LogP contribution is 2.30. The van der Waals surface area contributed by atoms with E-state index in [2.05, 4.69) is 0 Å². The Balaban J connectivity index is 3.30. The van der Waals surface area contributed by atoms with Crippen molar-refractivity contribution in [1.82, 2.24) is 0 Å². The van der Waals surface area contributed by atoms with E-state index in [-0.39, 0.29) is 16.9 Å². The van der Waals surface area contributed by atoms with Crippen molar-refractivity contribution in [3.8, 4) is 0 Å². The molecule has 0 amide bonds. The van der Waals surface area contributed by atoms with E-state index < -0.39 is 23.1 Å². The van der Waals surface area contributed by atoms with Crippen LogP contribution in [0.2, 0.25) is 0 Å². The monoisotopic (exact) mass is 256 g/mol. The molecule has 0 fully saturated rings. The number of aliphatic hydroxyl groups excluding tert-OH is 2. The molecule has 98 valence electrons.